The Hall–Kier alpha value is -1.07. The van der Waals surface area contributed by atoms with Gasteiger partial charge >= 0.3 is 0 Å². The quantitative estimate of drug-likeness (QED) is 0.907. The third-order valence-corrected chi connectivity index (χ3v) is 5.02. The van der Waals surface area contributed by atoms with Crippen molar-refractivity contribution in [3.8, 4) is 5.75 Å². The Bertz CT molecular complexity index is 495. The molecule has 114 valence electrons. The summed E-state index contributed by atoms with van der Waals surface area (Å²) in [5, 5.41) is 3.46. The van der Waals surface area contributed by atoms with Gasteiger partial charge < -0.3 is 15.0 Å². The van der Waals surface area contributed by atoms with Crippen molar-refractivity contribution in [3.05, 3.63) is 28.7 Å². The van der Waals surface area contributed by atoms with E-state index in [1.54, 1.807) is 0 Å². The van der Waals surface area contributed by atoms with E-state index >= 15 is 0 Å². The topological polar surface area (TPSA) is 41.6 Å². The van der Waals surface area contributed by atoms with Crippen molar-refractivity contribution < 1.29 is 9.53 Å². The van der Waals surface area contributed by atoms with Gasteiger partial charge in [-0.3, -0.25) is 4.79 Å². The number of benzene rings is 1. The van der Waals surface area contributed by atoms with Crippen molar-refractivity contribution in [1.29, 1.82) is 0 Å². The summed E-state index contributed by atoms with van der Waals surface area (Å²) in [5.41, 5.74) is 0. The number of ether oxygens (including phenoxy) is 1. The molecular weight excluding hydrogens is 332 g/mol. The minimum absolute atomic E-state index is 0.0999. The summed E-state index contributed by atoms with van der Waals surface area (Å²) in [5.74, 6) is 2.32. The molecule has 0 spiro atoms. The van der Waals surface area contributed by atoms with Crippen LogP contribution in [-0.4, -0.2) is 43.6 Å². The number of hydrogen-bond acceptors (Lipinski definition) is 3. The fraction of sp³-hybridized carbons (Fsp3) is 0.562. The largest absolute Gasteiger partial charge is 0.484 e. The van der Waals surface area contributed by atoms with Gasteiger partial charge in [0.2, 0.25) is 0 Å². The summed E-state index contributed by atoms with van der Waals surface area (Å²) >= 11 is 3.40. The van der Waals surface area contributed by atoms with Crippen LogP contribution in [0.2, 0.25) is 0 Å². The first-order valence-corrected chi connectivity index (χ1v) is 8.38. The lowest BCUT2D eigenvalue weighted by Crippen LogP contribution is -2.36. The molecule has 2 fully saturated rings. The van der Waals surface area contributed by atoms with Gasteiger partial charge in [0.15, 0.2) is 6.61 Å². The molecule has 2 aliphatic heterocycles. The third kappa shape index (κ3) is 3.77. The molecule has 1 aromatic carbocycles. The average molecular weight is 353 g/mol. The molecule has 2 heterocycles. The molecule has 0 radical (unpaired) electrons. The highest BCUT2D eigenvalue weighted by Crippen LogP contribution is 2.27. The predicted octanol–water partition coefficient (Wildman–Crippen LogP) is 2.29. The van der Waals surface area contributed by atoms with Gasteiger partial charge in [0.1, 0.15) is 5.75 Å². The first-order chi connectivity index (χ1) is 10.2. The number of halogens is 1. The zero-order valence-electron chi connectivity index (χ0n) is 12.1. The number of fused-ring (bicyclic) bond motifs is 1. The summed E-state index contributed by atoms with van der Waals surface area (Å²) in [6.07, 6.45) is 2.22. The van der Waals surface area contributed by atoms with E-state index in [0.717, 1.165) is 61.1 Å². The number of likely N-dealkylation sites (tertiary alicyclic amines) is 1. The van der Waals surface area contributed by atoms with Crippen LogP contribution in [0.25, 0.3) is 0 Å². The van der Waals surface area contributed by atoms with Gasteiger partial charge in [-0.15, -0.1) is 0 Å². The van der Waals surface area contributed by atoms with Crippen molar-refractivity contribution in [1.82, 2.24) is 10.2 Å². The van der Waals surface area contributed by atoms with Crippen molar-refractivity contribution in [2.75, 3.05) is 32.8 Å². The van der Waals surface area contributed by atoms with Gasteiger partial charge in [-0.1, -0.05) is 22.0 Å². The number of nitrogens with zero attached hydrogens (tertiary/aromatic N) is 1. The predicted molar refractivity (Wildman–Crippen MR) is 85.3 cm³/mol. The van der Waals surface area contributed by atoms with E-state index in [-0.39, 0.29) is 12.5 Å². The van der Waals surface area contributed by atoms with Crippen LogP contribution in [0.5, 0.6) is 5.75 Å². The second-order valence-electron chi connectivity index (χ2n) is 5.88. The lowest BCUT2D eigenvalue weighted by Gasteiger charge is -2.21. The van der Waals surface area contributed by atoms with Crippen molar-refractivity contribution in [2.45, 2.75) is 12.8 Å². The molecule has 5 heteroatoms. The summed E-state index contributed by atoms with van der Waals surface area (Å²) in [6, 6.07) is 7.60. The fourth-order valence-electron chi connectivity index (χ4n) is 3.26. The van der Waals surface area contributed by atoms with E-state index in [9.17, 15) is 4.79 Å². The molecule has 0 bridgehead atoms. The van der Waals surface area contributed by atoms with Crippen LogP contribution < -0.4 is 10.1 Å². The van der Waals surface area contributed by atoms with E-state index in [1.165, 1.54) is 0 Å². The smallest absolute Gasteiger partial charge is 0.260 e. The number of carbonyl (C=O) groups excluding carboxylic acids is 1. The number of carbonyl (C=O) groups is 1. The zero-order chi connectivity index (χ0) is 14.7. The number of amides is 1. The van der Waals surface area contributed by atoms with Crippen LogP contribution in [-0.2, 0) is 4.79 Å². The standard InChI is InChI=1S/C16H21BrN2O2/c17-14-2-1-3-15(8-14)21-11-16(20)19-6-4-12-9-18-10-13(12)5-7-19/h1-3,8,12-13,18H,4-7,9-11H2/t12-,13+. The normalized spacial score (nSPS) is 25.3. The highest BCUT2D eigenvalue weighted by atomic mass is 79.9. The second kappa shape index (κ2) is 6.79. The van der Waals surface area contributed by atoms with E-state index in [2.05, 4.69) is 21.2 Å². The van der Waals surface area contributed by atoms with Crippen molar-refractivity contribution >= 4 is 21.8 Å². The number of hydrogen-bond donors (Lipinski definition) is 1. The Morgan fingerprint density at radius 3 is 2.67 bits per heavy atom. The van der Waals surface area contributed by atoms with Gasteiger partial charge in [0.05, 0.1) is 0 Å². The molecular formula is C16H21BrN2O2. The van der Waals surface area contributed by atoms with Gasteiger partial charge in [-0.25, -0.2) is 0 Å². The zero-order valence-corrected chi connectivity index (χ0v) is 13.6. The number of nitrogens with one attached hydrogen (secondary N) is 1. The summed E-state index contributed by atoms with van der Waals surface area (Å²) < 4.78 is 6.56. The molecule has 1 amide bonds. The molecule has 3 rings (SSSR count). The molecule has 21 heavy (non-hydrogen) atoms. The van der Waals surface area contributed by atoms with Crippen molar-refractivity contribution in [2.24, 2.45) is 11.8 Å². The average Bonchev–Trinajstić information content (AvgIpc) is 2.83. The third-order valence-electron chi connectivity index (χ3n) is 4.53. The summed E-state index contributed by atoms with van der Waals surface area (Å²) in [4.78, 5) is 14.3. The van der Waals surface area contributed by atoms with Crippen LogP contribution >= 0.6 is 15.9 Å². The second-order valence-corrected chi connectivity index (χ2v) is 6.80. The maximum Gasteiger partial charge on any atom is 0.260 e. The highest BCUT2D eigenvalue weighted by Gasteiger charge is 2.31. The maximum atomic E-state index is 12.3. The Morgan fingerprint density at radius 2 is 2.00 bits per heavy atom. The van der Waals surface area contributed by atoms with Gasteiger partial charge in [-0.2, -0.15) is 0 Å². The van der Waals surface area contributed by atoms with E-state index in [1.807, 2.05) is 29.2 Å². The van der Waals surface area contributed by atoms with E-state index in [0.29, 0.717) is 0 Å². The summed E-state index contributed by atoms with van der Waals surface area (Å²) in [6.45, 7) is 4.08. The highest BCUT2D eigenvalue weighted by molar-refractivity contribution is 9.10. The van der Waals surface area contributed by atoms with E-state index in [4.69, 9.17) is 4.74 Å². The van der Waals surface area contributed by atoms with Crippen LogP contribution in [0, 0.1) is 11.8 Å². The van der Waals surface area contributed by atoms with Crippen LogP contribution in [0.1, 0.15) is 12.8 Å². The lowest BCUT2D eigenvalue weighted by atomic mass is 9.92. The monoisotopic (exact) mass is 352 g/mol. The Labute approximate surface area is 134 Å². The van der Waals surface area contributed by atoms with Crippen LogP contribution in [0.15, 0.2) is 28.7 Å². The Morgan fingerprint density at radius 1 is 1.29 bits per heavy atom. The molecule has 1 aromatic rings. The lowest BCUT2D eigenvalue weighted by molar-refractivity contribution is -0.133. The molecule has 2 saturated heterocycles. The SMILES string of the molecule is O=C(COc1cccc(Br)c1)N1CC[C@@H]2CNC[C@@H]2CC1. The molecule has 0 aliphatic carbocycles. The molecule has 0 saturated carbocycles. The van der Waals surface area contributed by atoms with E-state index < -0.39 is 0 Å². The van der Waals surface area contributed by atoms with Gasteiger partial charge in [0.25, 0.3) is 5.91 Å². The Kier molecular flexibility index (Phi) is 4.80. The van der Waals surface area contributed by atoms with Crippen LogP contribution in [0.3, 0.4) is 0 Å². The van der Waals surface area contributed by atoms with Crippen LogP contribution in [0.4, 0.5) is 0 Å². The van der Waals surface area contributed by atoms with Gasteiger partial charge in [-0.05, 0) is 56.0 Å². The summed E-state index contributed by atoms with van der Waals surface area (Å²) in [7, 11) is 0. The molecule has 2 atom stereocenters. The van der Waals surface area contributed by atoms with Crippen molar-refractivity contribution in [3.63, 3.8) is 0 Å². The minimum atomic E-state index is 0.0999. The first-order valence-electron chi connectivity index (χ1n) is 7.59. The molecule has 4 nitrogen and oxygen atoms in total. The first kappa shape index (κ1) is 14.9. The van der Waals surface area contributed by atoms with Gasteiger partial charge in [0, 0.05) is 17.6 Å². The molecule has 1 N–H and O–H groups in total. The molecule has 0 unspecified atom stereocenters. The molecule has 2 aliphatic rings. The Balaban J connectivity index is 1.51. The molecule has 0 aromatic heterocycles. The maximum absolute atomic E-state index is 12.3. The minimum Gasteiger partial charge on any atom is -0.484 e. The fourth-order valence-corrected chi connectivity index (χ4v) is 3.64. The number of rotatable bonds is 3.